The Bertz CT molecular complexity index is 409. The summed E-state index contributed by atoms with van der Waals surface area (Å²) in [6.07, 6.45) is 0.834. The first-order chi connectivity index (χ1) is 8.13. The van der Waals surface area contributed by atoms with Gasteiger partial charge in [0, 0.05) is 38.4 Å². The maximum Gasteiger partial charge on any atom is 0.116 e. The summed E-state index contributed by atoms with van der Waals surface area (Å²) in [5, 5.41) is 5.35. The number of hydrogen-bond acceptors (Lipinski definition) is 5. The van der Waals surface area contributed by atoms with Gasteiger partial charge in [-0.3, -0.25) is 5.32 Å². The molecule has 0 spiro atoms. The second kappa shape index (κ2) is 4.52. The molecule has 5 nitrogen and oxygen atoms in total. The van der Waals surface area contributed by atoms with Crippen molar-refractivity contribution in [1.29, 1.82) is 0 Å². The van der Waals surface area contributed by atoms with Crippen LogP contribution in [-0.2, 0) is 10.4 Å². The summed E-state index contributed by atoms with van der Waals surface area (Å²) in [5.74, 6) is 0. The molecule has 0 saturated heterocycles. The molecule has 1 aliphatic heterocycles. The number of nitrogens with two attached hydrogens (primary N) is 1. The molecular formula is C12H20N4O. The van der Waals surface area contributed by atoms with Crippen molar-refractivity contribution in [2.75, 3.05) is 38.6 Å². The standard InChI is InChI=1S/C12H20N4O/c1-14-12(6-7-17-3)10-8-9(13)4-5-11(10)16(2)15-12/h4-5,8,14-15H,6-7,13H2,1-3H3. The lowest BCUT2D eigenvalue weighted by Crippen LogP contribution is -2.53. The summed E-state index contributed by atoms with van der Waals surface area (Å²) in [6, 6.07) is 5.96. The molecular weight excluding hydrogens is 216 g/mol. The number of benzene rings is 1. The maximum absolute atomic E-state index is 5.88. The highest BCUT2D eigenvalue weighted by molar-refractivity contribution is 5.64. The fraction of sp³-hybridized carbons (Fsp3) is 0.500. The van der Waals surface area contributed by atoms with Crippen LogP contribution in [0.3, 0.4) is 0 Å². The molecule has 1 heterocycles. The summed E-state index contributed by atoms with van der Waals surface area (Å²) in [7, 11) is 5.65. The minimum atomic E-state index is -0.296. The van der Waals surface area contributed by atoms with Gasteiger partial charge in [-0.2, -0.15) is 0 Å². The molecule has 0 amide bonds. The van der Waals surface area contributed by atoms with Crippen LogP contribution in [0.15, 0.2) is 18.2 Å². The molecule has 1 aliphatic rings. The van der Waals surface area contributed by atoms with E-state index in [4.69, 9.17) is 10.5 Å². The number of hydrogen-bond donors (Lipinski definition) is 3. The molecule has 1 unspecified atom stereocenters. The predicted molar refractivity (Wildman–Crippen MR) is 69.6 cm³/mol. The van der Waals surface area contributed by atoms with Crippen molar-refractivity contribution in [3.8, 4) is 0 Å². The molecule has 0 bridgehead atoms. The Hall–Kier alpha value is -1.30. The quantitative estimate of drug-likeness (QED) is 0.669. The number of hydrazine groups is 1. The zero-order valence-corrected chi connectivity index (χ0v) is 10.6. The van der Waals surface area contributed by atoms with Crippen LogP contribution in [0.25, 0.3) is 0 Å². The summed E-state index contributed by atoms with van der Waals surface area (Å²) in [4.78, 5) is 0. The monoisotopic (exact) mass is 236 g/mol. The van der Waals surface area contributed by atoms with Crippen molar-refractivity contribution >= 4 is 11.4 Å². The van der Waals surface area contributed by atoms with Crippen LogP contribution in [0, 0.1) is 0 Å². The third-order valence-corrected chi connectivity index (χ3v) is 3.31. The zero-order valence-electron chi connectivity index (χ0n) is 10.6. The Morgan fingerprint density at radius 3 is 2.94 bits per heavy atom. The summed E-state index contributed by atoms with van der Waals surface area (Å²) in [5.41, 5.74) is 12.1. The van der Waals surface area contributed by atoms with E-state index >= 15 is 0 Å². The van der Waals surface area contributed by atoms with Crippen molar-refractivity contribution in [2.24, 2.45) is 0 Å². The minimum Gasteiger partial charge on any atom is -0.399 e. The van der Waals surface area contributed by atoms with Crippen LogP contribution in [0.1, 0.15) is 12.0 Å². The van der Waals surface area contributed by atoms with Gasteiger partial charge >= 0.3 is 0 Å². The number of ether oxygens (including phenoxy) is 1. The Morgan fingerprint density at radius 2 is 2.29 bits per heavy atom. The molecule has 2 rings (SSSR count). The van der Waals surface area contributed by atoms with E-state index < -0.39 is 0 Å². The fourth-order valence-corrected chi connectivity index (χ4v) is 2.36. The molecule has 4 N–H and O–H groups in total. The van der Waals surface area contributed by atoms with E-state index in [-0.39, 0.29) is 5.66 Å². The van der Waals surface area contributed by atoms with Crippen LogP contribution in [0.4, 0.5) is 11.4 Å². The van der Waals surface area contributed by atoms with Crippen LogP contribution >= 0.6 is 0 Å². The third-order valence-electron chi connectivity index (χ3n) is 3.31. The number of nitrogen functional groups attached to an aromatic ring is 1. The highest BCUT2D eigenvalue weighted by Crippen LogP contribution is 2.37. The Balaban J connectivity index is 2.41. The molecule has 1 aromatic rings. The van der Waals surface area contributed by atoms with Gasteiger partial charge in [-0.25, -0.2) is 5.43 Å². The number of fused-ring (bicyclic) bond motifs is 1. The number of nitrogens with zero attached hydrogens (tertiary/aromatic N) is 1. The summed E-state index contributed by atoms with van der Waals surface area (Å²) >= 11 is 0. The SMILES string of the molecule is CNC1(CCOC)NN(C)c2ccc(N)cc21. The third kappa shape index (κ3) is 1.97. The van der Waals surface area contributed by atoms with Gasteiger partial charge in [-0.15, -0.1) is 0 Å². The van der Waals surface area contributed by atoms with Gasteiger partial charge in [0.05, 0.1) is 5.69 Å². The van der Waals surface area contributed by atoms with Crippen molar-refractivity contribution < 1.29 is 4.74 Å². The predicted octanol–water partition coefficient (Wildman–Crippen LogP) is 0.632. The molecule has 0 aliphatic carbocycles. The lowest BCUT2D eigenvalue weighted by Gasteiger charge is -2.30. The van der Waals surface area contributed by atoms with E-state index in [1.54, 1.807) is 7.11 Å². The molecule has 0 saturated carbocycles. The van der Waals surface area contributed by atoms with Crippen LogP contribution in [-0.4, -0.2) is 27.8 Å². The first-order valence-electron chi connectivity index (χ1n) is 5.72. The number of nitrogens with one attached hydrogen (secondary N) is 2. The van der Waals surface area contributed by atoms with E-state index in [1.807, 2.05) is 37.3 Å². The fourth-order valence-electron chi connectivity index (χ4n) is 2.36. The number of anilines is 2. The van der Waals surface area contributed by atoms with E-state index in [9.17, 15) is 0 Å². The molecule has 1 atom stereocenters. The Kier molecular flexibility index (Phi) is 3.24. The van der Waals surface area contributed by atoms with Gasteiger partial charge in [0.25, 0.3) is 0 Å². The van der Waals surface area contributed by atoms with Crippen molar-refractivity contribution in [3.63, 3.8) is 0 Å². The number of methoxy groups -OCH3 is 1. The van der Waals surface area contributed by atoms with Crippen LogP contribution in [0.5, 0.6) is 0 Å². The Morgan fingerprint density at radius 1 is 1.53 bits per heavy atom. The average molecular weight is 236 g/mol. The number of rotatable bonds is 4. The minimum absolute atomic E-state index is 0.296. The van der Waals surface area contributed by atoms with E-state index in [0.29, 0.717) is 6.61 Å². The summed E-state index contributed by atoms with van der Waals surface area (Å²) in [6.45, 7) is 0.677. The second-order valence-electron chi connectivity index (χ2n) is 4.35. The summed E-state index contributed by atoms with van der Waals surface area (Å²) < 4.78 is 5.18. The molecule has 5 heteroatoms. The molecule has 0 radical (unpaired) electrons. The maximum atomic E-state index is 5.88. The van der Waals surface area contributed by atoms with Gasteiger partial charge in [0.1, 0.15) is 5.66 Å². The second-order valence-corrected chi connectivity index (χ2v) is 4.35. The van der Waals surface area contributed by atoms with Gasteiger partial charge in [-0.05, 0) is 25.2 Å². The largest absolute Gasteiger partial charge is 0.399 e. The average Bonchev–Trinajstić information content (AvgIpc) is 2.60. The lowest BCUT2D eigenvalue weighted by molar-refractivity contribution is 0.144. The van der Waals surface area contributed by atoms with Crippen molar-refractivity contribution in [2.45, 2.75) is 12.1 Å². The highest BCUT2D eigenvalue weighted by atomic mass is 16.5. The topological polar surface area (TPSA) is 62.5 Å². The zero-order chi connectivity index (χ0) is 12.5. The van der Waals surface area contributed by atoms with Gasteiger partial charge in [-0.1, -0.05) is 0 Å². The van der Waals surface area contributed by atoms with E-state index in [2.05, 4.69) is 10.7 Å². The first kappa shape index (κ1) is 12.2. The van der Waals surface area contributed by atoms with Gasteiger partial charge < -0.3 is 15.5 Å². The lowest BCUT2D eigenvalue weighted by atomic mass is 9.96. The van der Waals surface area contributed by atoms with Gasteiger partial charge in [0.15, 0.2) is 0 Å². The molecule has 94 valence electrons. The van der Waals surface area contributed by atoms with Crippen molar-refractivity contribution in [3.05, 3.63) is 23.8 Å². The van der Waals surface area contributed by atoms with Gasteiger partial charge in [0.2, 0.25) is 0 Å². The van der Waals surface area contributed by atoms with Crippen molar-refractivity contribution in [1.82, 2.24) is 10.7 Å². The first-order valence-corrected chi connectivity index (χ1v) is 5.72. The molecule has 17 heavy (non-hydrogen) atoms. The molecule has 0 fully saturated rings. The van der Waals surface area contributed by atoms with Crippen LogP contribution < -0.4 is 21.5 Å². The molecule has 1 aromatic carbocycles. The molecule has 0 aromatic heterocycles. The van der Waals surface area contributed by atoms with Crippen LogP contribution in [0.2, 0.25) is 0 Å². The highest BCUT2D eigenvalue weighted by Gasteiger charge is 2.39. The smallest absolute Gasteiger partial charge is 0.116 e. The Labute approximate surface area is 102 Å². The van der Waals surface area contributed by atoms with E-state index in [0.717, 1.165) is 17.8 Å². The van der Waals surface area contributed by atoms with E-state index in [1.165, 1.54) is 5.56 Å². The normalized spacial score (nSPS) is 22.9.